The normalized spacial score (nSPS) is 14.2. The van der Waals surface area contributed by atoms with Crippen molar-refractivity contribution in [3.8, 4) is 0 Å². The highest BCUT2D eigenvalue weighted by Gasteiger charge is 2.25. The molecular weight excluding hydrogens is 430 g/mol. The Bertz CT molecular complexity index is 956. The number of anilines is 1. The van der Waals surface area contributed by atoms with Crippen LogP contribution in [-0.4, -0.2) is 61.1 Å². The molecular formula is C24H30F2N4O3. The molecule has 2 aromatic carbocycles. The summed E-state index contributed by atoms with van der Waals surface area (Å²) < 4.78 is 32.6. The average molecular weight is 461 g/mol. The lowest BCUT2D eigenvalue weighted by atomic mass is 9.92. The highest BCUT2D eigenvalue weighted by molar-refractivity contribution is 5.94. The first-order chi connectivity index (χ1) is 15.7. The van der Waals surface area contributed by atoms with Gasteiger partial charge in [0.25, 0.3) is 5.91 Å². The second-order valence-electron chi connectivity index (χ2n) is 8.91. The molecule has 1 heterocycles. The van der Waals surface area contributed by atoms with E-state index in [1.807, 2.05) is 13.8 Å². The van der Waals surface area contributed by atoms with Crippen molar-refractivity contribution < 1.29 is 23.1 Å². The smallest absolute Gasteiger partial charge is 0.321 e. The molecule has 178 valence electrons. The second kappa shape index (κ2) is 10.7. The number of nitrogens with two attached hydrogens (primary N) is 1. The van der Waals surface area contributed by atoms with Crippen molar-refractivity contribution >= 4 is 17.6 Å². The number of carbonyl (C=O) groups is 2. The van der Waals surface area contributed by atoms with Crippen molar-refractivity contribution in [3.63, 3.8) is 0 Å². The third kappa shape index (κ3) is 6.97. The van der Waals surface area contributed by atoms with Gasteiger partial charge in [-0.05, 0) is 41.8 Å². The Labute approximate surface area is 192 Å². The number of halogens is 2. The van der Waals surface area contributed by atoms with Gasteiger partial charge in [-0.25, -0.2) is 13.6 Å². The molecule has 3 N–H and O–H groups in total. The van der Waals surface area contributed by atoms with Gasteiger partial charge in [0.05, 0.1) is 13.2 Å². The van der Waals surface area contributed by atoms with Crippen LogP contribution in [0.5, 0.6) is 0 Å². The molecule has 3 amide bonds. The predicted octanol–water partition coefficient (Wildman–Crippen LogP) is 3.46. The van der Waals surface area contributed by atoms with Crippen LogP contribution in [0.15, 0.2) is 42.5 Å². The lowest BCUT2D eigenvalue weighted by Crippen LogP contribution is -2.43. The van der Waals surface area contributed by atoms with Crippen LogP contribution in [-0.2, 0) is 11.3 Å². The first-order valence-corrected chi connectivity index (χ1v) is 10.8. The van der Waals surface area contributed by atoms with Crippen molar-refractivity contribution in [3.05, 3.63) is 65.2 Å². The van der Waals surface area contributed by atoms with Gasteiger partial charge in [0.1, 0.15) is 11.6 Å². The van der Waals surface area contributed by atoms with Crippen molar-refractivity contribution in [1.29, 1.82) is 0 Å². The topological polar surface area (TPSA) is 87.9 Å². The number of rotatable bonds is 7. The summed E-state index contributed by atoms with van der Waals surface area (Å²) in [6.07, 6.45) is 0. The summed E-state index contributed by atoms with van der Waals surface area (Å²) in [7, 11) is 0. The third-order valence-electron chi connectivity index (χ3n) is 5.45. The van der Waals surface area contributed by atoms with E-state index >= 15 is 0 Å². The van der Waals surface area contributed by atoms with E-state index in [0.29, 0.717) is 45.1 Å². The molecule has 7 nitrogen and oxygen atoms in total. The lowest BCUT2D eigenvalue weighted by Gasteiger charge is -2.32. The second-order valence-corrected chi connectivity index (χ2v) is 8.91. The monoisotopic (exact) mass is 460 g/mol. The Hall–Kier alpha value is -3.04. The maximum Gasteiger partial charge on any atom is 0.321 e. The van der Waals surface area contributed by atoms with Gasteiger partial charge < -0.3 is 25.6 Å². The molecule has 0 spiro atoms. The summed E-state index contributed by atoms with van der Waals surface area (Å²) in [6, 6.07) is 9.71. The highest BCUT2D eigenvalue weighted by Crippen LogP contribution is 2.21. The molecule has 1 fully saturated rings. The number of morpholine rings is 1. The van der Waals surface area contributed by atoms with Crippen LogP contribution in [0.1, 0.15) is 29.8 Å². The Kier molecular flexibility index (Phi) is 7.99. The predicted molar refractivity (Wildman–Crippen MR) is 122 cm³/mol. The molecule has 3 rings (SSSR count). The van der Waals surface area contributed by atoms with E-state index in [1.54, 1.807) is 29.2 Å². The van der Waals surface area contributed by atoms with E-state index in [4.69, 9.17) is 10.5 Å². The van der Waals surface area contributed by atoms with Gasteiger partial charge >= 0.3 is 6.03 Å². The molecule has 0 aliphatic carbocycles. The lowest BCUT2D eigenvalue weighted by molar-refractivity contribution is 0.0564. The maximum absolute atomic E-state index is 13.7. The number of ether oxygens (including phenoxy) is 1. The minimum absolute atomic E-state index is 0.0604. The van der Waals surface area contributed by atoms with Gasteiger partial charge in [-0.2, -0.15) is 0 Å². The molecule has 0 saturated carbocycles. The summed E-state index contributed by atoms with van der Waals surface area (Å²) in [4.78, 5) is 28.7. The minimum Gasteiger partial charge on any atom is -0.378 e. The van der Waals surface area contributed by atoms with E-state index in [9.17, 15) is 18.4 Å². The number of benzene rings is 2. The Balaban J connectivity index is 1.73. The van der Waals surface area contributed by atoms with Crippen molar-refractivity contribution in [2.24, 2.45) is 11.1 Å². The van der Waals surface area contributed by atoms with Crippen LogP contribution < -0.4 is 11.1 Å². The fourth-order valence-corrected chi connectivity index (χ4v) is 3.52. The first-order valence-electron chi connectivity index (χ1n) is 10.8. The number of urea groups is 1. The van der Waals surface area contributed by atoms with Crippen molar-refractivity contribution in [2.75, 3.05) is 44.7 Å². The van der Waals surface area contributed by atoms with Gasteiger partial charge in [0.15, 0.2) is 0 Å². The third-order valence-corrected chi connectivity index (χ3v) is 5.45. The number of carbonyl (C=O) groups excluding carboxylic acids is 2. The number of nitrogens with zero attached hydrogens (tertiary/aromatic N) is 2. The molecule has 1 aliphatic rings. The molecule has 1 aliphatic heterocycles. The molecule has 2 aromatic rings. The Morgan fingerprint density at radius 2 is 1.70 bits per heavy atom. The molecule has 0 atom stereocenters. The van der Waals surface area contributed by atoms with Gasteiger partial charge in [-0.1, -0.05) is 26.0 Å². The molecule has 1 saturated heterocycles. The summed E-state index contributed by atoms with van der Waals surface area (Å²) >= 11 is 0. The van der Waals surface area contributed by atoms with E-state index < -0.39 is 23.0 Å². The quantitative estimate of drug-likeness (QED) is 0.663. The molecule has 9 heteroatoms. The van der Waals surface area contributed by atoms with Crippen LogP contribution in [0, 0.1) is 17.0 Å². The molecule has 0 aromatic heterocycles. The SMILES string of the molecule is CC(C)(CN)CN(Cc1ccc(NC(=O)N2CCOCC2)cc1)C(=O)c1cc(F)cc(F)c1. The van der Waals surface area contributed by atoms with Crippen molar-refractivity contribution in [1.82, 2.24) is 9.80 Å². The van der Waals surface area contributed by atoms with Gasteiger partial charge in [-0.3, -0.25) is 4.79 Å². The van der Waals surface area contributed by atoms with E-state index in [0.717, 1.165) is 23.8 Å². The summed E-state index contributed by atoms with van der Waals surface area (Å²) in [5.74, 6) is -2.10. The minimum atomic E-state index is -0.809. The number of nitrogens with one attached hydrogen (secondary N) is 1. The molecule has 0 bridgehead atoms. The summed E-state index contributed by atoms with van der Waals surface area (Å²) in [5.41, 5.74) is 6.83. The van der Waals surface area contributed by atoms with E-state index in [1.165, 1.54) is 4.90 Å². The summed E-state index contributed by atoms with van der Waals surface area (Å²) in [6.45, 7) is 6.81. The van der Waals surface area contributed by atoms with Crippen molar-refractivity contribution in [2.45, 2.75) is 20.4 Å². The molecule has 0 unspecified atom stereocenters. The number of amides is 3. The molecule has 0 radical (unpaired) electrons. The maximum atomic E-state index is 13.7. The first kappa shape index (κ1) is 24.6. The van der Waals surface area contributed by atoms with Gasteiger partial charge in [0.2, 0.25) is 0 Å². The molecule has 33 heavy (non-hydrogen) atoms. The Morgan fingerprint density at radius 1 is 1.09 bits per heavy atom. The standard InChI is InChI=1S/C24H30F2N4O3/c1-24(2,15-27)16-30(22(31)18-11-19(25)13-20(26)12-18)14-17-3-5-21(6-4-17)28-23(32)29-7-9-33-10-8-29/h3-6,11-13H,7-10,14-16,27H2,1-2H3,(H,28,32). The zero-order valence-corrected chi connectivity index (χ0v) is 18.9. The van der Waals surface area contributed by atoms with E-state index in [2.05, 4.69) is 5.32 Å². The van der Waals surface area contributed by atoms with Crippen LogP contribution >= 0.6 is 0 Å². The van der Waals surface area contributed by atoms with Crippen LogP contribution in [0.2, 0.25) is 0 Å². The Morgan fingerprint density at radius 3 is 2.27 bits per heavy atom. The zero-order chi connectivity index (χ0) is 24.0. The highest BCUT2D eigenvalue weighted by atomic mass is 19.1. The fraction of sp³-hybridized carbons (Fsp3) is 0.417. The van der Waals surface area contributed by atoms with E-state index in [-0.39, 0.29) is 18.1 Å². The van der Waals surface area contributed by atoms with Crippen LogP contribution in [0.3, 0.4) is 0 Å². The average Bonchev–Trinajstić information content (AvgIpc) is 2.79. The van der Waals surface area contributed by atoms with Gasteiger partial charge in [0, 0.05) is 43.5 Å². The van der Waals surface area contributed by atoms with Gasteiger partial charge in [-0.15, -0.1) is 0 Å². The number of hydrogen-bond acceptors (Lipinski definition) is 4. The van der Waals surface area contributed by atoms with Crippen LogP contribution in [0.25, 0.3) is 0 Å². The fourth-order valence-electron chi connectivity index (χ4n) is 3.52. The summed E-state index contributed by atoms with van der Waals surface area (Å²) in [5, 5.41) is 2.85. The number of hydrogen-bond donors (Lipinski definition) is 2. The zero-order valence-electron chi connectivity index (χ0n) is 18.9. The largest absolute Gasteiger partial charge is 0.378 e. The van der Waals surface area contributed by atoms with Crippen LogP contribution in [0.4, 0.5) is 19.3 Å².